The summed E-state index contributed by atoms with van der Waals surface area (Å²) in [5.74, 6) is 1.69. The maximum absolute atomic E-state index is 12.8. The lowest BCUT2D eigenvalue weighted by Gasteiger charge is -2.14. The molecule has 3 heterocycles. The van der Waals surface area contributed by atoms with Gasteiger partial charge in [-0.05, 0) is 31.5 Å². The van der Waals surface area contributed by atoms with Crippen LogP contribution in [0.3, 0.4) is 0 Å². The molecule has 0 spiro atoms. The van der Waals surface area contributed by atoms with Crippen LogP contribution >= 0.6 is 0 Å². The lowest BCUT2D eigenvalue weighted by molar-refractivity contribution is 0.0939. The summed E-state index contributed by atoms with van der Waals surface area (Å²) in [4.78, 5) is 21.6. The number of aromatic nitrogens is 5. The average Bonchev–Trinajstić information content (AvgIpc) is 3.42. The zero-order valence-corrected chi connectivity index (χ0v) is 17.9. The molecule has 1 aromatic carbocycles. The first-order valence-corrected chi connectivity index (χ1v) is 10.1. The number of benzene rings is 1. The van der Waals surface area contributed by atoms with E-state index in [2.05, 4.69) is 25.5 Å². The third-order valence-corrected chi connectivity index (χ3v) is 5.07. The first-order valence-electron chi connectivity index (χ1n) is 10.1. The van der Waals surface area contributed by atoms with Crippen molar-refractivity contribution in [3.8, 4) is 17.3 Å². The molecule has 0 aliphatic carbocycles. The molecule has 1 atom stereocenters. The fourth-order valence-electron chi connectivity index (χ4n) is 3.19. The van der Waals surface area contributed by atoms with Gasteiger partial charge in [0.05, 0.1) is 29.1 Å². The van der Waals surface area contributed by atoms with Crippen LogP contribution < -0.4 is 5.32 Å². The van der Waals surface area contributed by atoms with Crippen LogP contribution in [0.2, 0.25) is 0 Å². The molecule has 1 N–H and O–H groups in total. The third kappa shape index (κ3) is 4.23. The Kier molecular flexibility index (Phi) is 5.62. The van der Waals surface area contributed by atoms with E-state index < -0.39 is 0 Å². The molecule has 0 aliphatic heterocycles. The second-order valence-electron chi connectivity index (χ2n) is 7.68. The molecule has 8 heteroatoms. The molecule has 31 heavy (non-hydrogen) atoms. The lowest BCUT2D eigenvalue weighted by atomic mass is 10.1. The minimum absolute atomic E-state index is 0.112. The van der Waals surface area contributed by atoms with E-state index in [1.54, 1.807) is 17.1 Å². The largest absolute Gasteiger partial charge is 0.345 e. The molecule has 1 unspecified atom stereocenters. The van der Waals surface area contributed by atoms with Crippen molar-refractivity contribution in [3.63, 3.8) is 0 Å². The summed E-state index contributed by atoms with van der Waals surface area (Å²) >= 11 is 0. The predicted octanol–water partition coefficient (Wildman–Crippen LogP) is 4.24. The maximum atomic E-state index is 12.8. The van der Waals surface area contributed by atoms with Crippen molar-refractivity contribution in [3.05, 3.63) is 77.5 Å². The van der Waals surface area contributed by atoms with Gasteiger partial charge in [0.1, 0.15) is 0 Å². The second-order valence-corrected chi connectivity index (χ2v) is 7.68. The molecule has 0 fully saturated rings. The number of hydrogen-bond donors (Lipinski definition) is 1. The topological polar surface area (TPSA) is 98.7 Å². The smallest absolute Gasteiger partial charge is 0.259 e. The van der Waals surface area contributed by atoms with E-state index in [1.807, 2.05) is 70.2 Å². The lowest BCUT2D eigenvalue weighted by Crippen LogP contribution is -2.27. The fourth-order valence-corrected chi connectivity index (χ4v) is 3.19. The summed E-state index contributed by atoms with van der Waals surface area (Å²) in [6.45, 7) is 7.81. The van der Waals surface area contributed by atoms with Crippen LogP contribution in [0.5, 0.6) is 0 Å². The van der Waals surface area contributed by atoms with Gasteiger partial charge in [0.25, 0.3) is 11.8 Å². The highest BCUT2D eigenvalue weighted by atomic mass is 16.5. The summed E-state index contributed by atoms with van der Waals surface area (Å²) in [5, 5.41) is 11.4. The van der Waals surface area contributed by atoms with Gasteiger partial charge in [-0.2, -0.15) is 10.1 Å². The molecule has 3 aromatic heterocycles. The van der Waals surface area contributed by atoms with Crippen molar-refractivity contribution in [2.24, 2.45) is 0 Å². The molecule has 0 bridgehead atoms. The normalized spacial score (nSPS) is 12.2. The van der Waals surface area contributed by atoms with Gasteiger partial charge < -0.3 is 9.84 Å². The number of rotatable bonds is 6. The van der Waals surface area contributed by atoms with Gasteiger partial charge in [0.2, 0.25) is 0 Å². The molecule has 8 nitrogen and oxygen atoms in total. The Labute approximate surface area is 180 Å². The van der Waals surface area contributed by atoms with Gasteiger partial charge in [-0.3, -0.25) is 4.79 Å². The van der Waals surface area contributed by atoms with Gasteiger partial charge in [-0.25, -0.2) is 9.67 Å². The Morgan fingerprint density at radius 1 is 1.06 bits per heavy atom. The number of nitrogens with zero attached hydrogens (tertiary/aromatic N) is 5. The zero-order valence-electron chi connectivity index (χ0n) is 17.9. The molecule has 158 valence electrons. The Balaban J connectivity index is 1.51. The number of carbonyl (C=O) groups is 1. The number of nitrogens with one attached hydrogen (secondary N) is 1. The number of carbonyl (C=O) groups excluding carboxylic acids is 1. The number of pyridine rings is 1. The molecule has 0 radical (unpaired) electrons. The molecule has 0 saturated heterocycles. The van der Waals surface area contributed by atoms with Crippen LogP contribution in [-0.4, -0.2) is 30.8 Å². The van der Waals surface area contributed by atoms with Crippen LogP contribution in [0.25, 0.3) is 17.3 Å². The molecular weight excluding hydrogens is 392 g/mol. The van der Waals surface area contributed by atoms with E-state index >= 15 is 0 Å². The average molecular weight is 416 g/mol. The SMILES string of the molecule is Cc1c(C(=O)NC(C)c2ccccc2)cnn1-c1ccc(-c2nc(C(C)C)no2)cn1. The van der Waals surface area contributed by atoms with Crippen LogP contribution in [0.4, 0.5) is 0 Å². The van der Waals surface area contributed by atoms with Crippen molar-refractivity contribution >= 4 is 5.91 Å². The van der Waals surface area contributed by atoms with Gasteiger partial charge in [-0.1, -0.05) is 49.3 Å². The molecule has 0 saturated carbocycles. The monoisotopic (exact) mass is 416 g/mol. The highest BCUT2D eigenvalue weighted by molar-refractivity contribution is 5.95. The summed E-state index contributed by atoms with van der Waals surface area (Å²) in [6.07, 6.45) is 3.22. The van der Waals surface area contributed by atoms with E-state index in [4.69, 9.17) is 4.52 Å². The zero-order chi connectivity index (χ0) is 22.0. The van der Waals surface area contributed by atoms with Crippen molar-refractivity contribution in [1.82, 2.24) is 30.2 Å². The van der Waals surface area contributed by atoms with Gasteiger partial charge >= 0.3 is 0 Å². The molecule has 4 rings (SSSR count). The van der Waals surface area contributed by atoms with Crippen molar-refractivity contribution in [2.45, 2.75) is 39.7 Å². The van der Waals surface area contributed by atoms with Crippen molar-refractivity contribution < 1.29 is 9.32 Å². The second kappa shape index (κ2) is 8.51. The Hall–Kier alpha value is -3.81. The fraction of sp³-hybridized carbons (Fsp3) is 0.261. The Morgan fingerprint density at radius 2 is 1.84 bits per heavy atom. The first-order chi connectivity index (χ1) is 14.9. The number of amides is 1. The van der Waals surface area contributed by atoms with Crippen LogP contribution in [0, 0.1) is 6.92 Å². The third-order valence-electron chi connectivity index (χ3n) is 5.07. The minimum Gasteiger partial charge on any atom is -0.345 e. The molecule has 4 aromatic rings. The molecule has 0 aliphatic rings. The predicted molar refractivity (Wildman–Crippen MR) is 116 cm³/mol. The van der Waals surface area contributed by atoms with Gasteiger partial charge in [-0.15, -0.1) is 0 Å². The first kappa shape index (κ1) is 20.5. The Morgan fingerprint density at radius 3 is 2.48 bits per heavy atom. The van der Waals surface area contributed by atoms with Crippen molar-refractivity contribution in [2.75, 3.05) is 0 Å². The minimum atomic E-state index is -0.177. The molecule has 1 amide bonds. The van der Waals surface area contributed by atoms with Crippen LogP contribution in [-0.2, 0) is 0 Å². The summed E-state index contributed by atoms with van der Waals surface area (Å²) in [5.41, 5.74) is 2.98. The van der Waals surface area contributed by atoms with E-state index in [0.29, 0.717) is 28.8 Å². The molecular formula is C23H24N6O2. The Bertz CT molecular complexity index is 1180. The van der Waals surface area contributed by atoms with Crippen molar-refractivity contribution in [1.29, 1.82) is 0 Å². The van der Waals surface area contributed by atoms with E-state index in [0.717, 1.165) is 11.1 Å². The highest BCUT2D eigenvalue weighted by Gasteiger charge is 2.18. The highest BCUT2D eigenvalue weighted by Crippen LogP contribution is 2.21. The van der Waals surface area contributed by atoms with E-state index in [9.17, 15) is 4.79 Å². The van der Waals surface area contributed by atoms with Crippen LogP contribution in [0.1, 0.15) is 60.2 Å². The van der Waals surface area contributed by atoms with Gasteiger partial charge in [0.15, 0.2) is 11.6 Å². The summed E-state index contributed by atoms with van der Waals surface area (Å²) in [7, 11) is 0. The van der Waals surface area contributed by atoms with E-state index in [-0.39, 0.29) is 17.9 Å². The quantitative estimate of drug-likeness (QED) is 0.505. The summed E-state index contributed by atoms with van der Waals surface area (Å²) in [6, 6.07) is 13.4. The summed E-state index contributed by atoms with van der Waals surface area (Å²) < 4.78 is 6.95. The maximum Gasteiger partial charge on any atom is 0.259 e. The van der Waals surface area contributed by atoms with Gasteiger partial charge in [0, 0.05) is 12.1 Å². The standard InChI is InChI=1S/C23H24N6O2/c1-14(2)21-27-23(31-28-21)18-10-11-20(24-12-18)29-16(4)19(13-25-29)22(30)26-15(3)17-8-6-5-7-9-17/h5-15H,1-4H3,(H,26,30). The van der Waals surface area contributed by atoms with E-state index in [1.165, 1.54) is 0 Å². The number of hydrogen-bond acceptors (Lipinski definition) is 6. The van der Waals surface area contributed by atoms with Crippen LogP contribution in [0.15, 0.2) is 59.4 Å².